The van der Waals surface area contributed by atoms with E-state index in [4.69, 9.17) is 5.11 Å². The largest absolute Gasteiger partial charge is 0.481 e. The number of carboxylic acid groups (broad SMARTS) is 1. The predicted octanol–water partition coefficient (Wildman–Crippen LogP) is -0.593. The van der Waals surface area contributed by atoms with Crippen molar-refractivity contribution in [2.24, 2.45) is 7.05 Å². The van der Waals surface area contributed by atoms with Crippen LogP contribution in [0.25, 0.3) is 0 Å². The van der Waals surface area contributed by atoms with Gasteiger partial charge in [0.15, 0.2) is 0 Å². The van der Waals surface area contributed by atoms with Gasteiger partial charge in [0.1, 0.15) is 12.2 Å². The van der Waals surface area contributed by atoms with Crippen molar-refractivity contribution in [3.8, 4) is 0 Å². The Labute approximate surface area is 68.3 Å². The number of carboxylic acids is 1. The molecule has 1 N–H and O–H groups in total. The summed E-state index contributed by atoms with van der Waals surface area (Å²) in [5.41, 5.74) is -0.249. The molecule has 0 aliphatic rings. The van der Waals surface area contributed by atoms with Crippen molar-refractivity contribution in [3.63, 3.8) is 0 Å². The van der Waals surface area contributed by atoms with Crippen molar-refractivity contribution in [1.82, 2.24) is 9.55 Å². The fourth-order valence-electron chi connectivity index (χ4n) is 0.812. The Morgan fingerprint density at radius 2 is 2.42 bits per heavy atom. The second kappa shape index (κ2) is 3.17. The van der Waals surface area contributed by atoms with Gasteiger partial charge in [0.2, 0.25) is 0 Å². The maximum atomic E-state index is 11.0. The Morgan fingerprint density at radius 1 is 1.75 bits per heavy atom. The number of hydrogen-bond donors (Lipinski definition) is 1. The lowest BCUT2D eigenvalue weighted by atomic mass is 10.4. The summed E-state index contributed by atoms with van der Waals surface area (Å²) in [5, 5.41) is 8.43. The van der Waals surface area contributed by atoms with Crippen molar-refractivity contribution in [1.29, 1.82) is 0 Å². The van der Waals surface area contributed by atoms with E-state index in [-0.39, 0.29) is 17.8 Å². The Bertz CT molecular complexity index is 356. The molecule has 0 aromatic carbocycles. The molecule has 1 rings (SSSR count). The minimum absolute atomic E-state index is 0.230. The number of carbonyl (C=O) groups is 1. The van der Waals surface area contributed by atoms with Crippen LogP contribution in [-0.4, -0.2) is 20.6 Å². The van der Waals surface area contributed by atoms with Gasteiger partial charge < -0.3 is 5.11 Å². The molecule has 0 unspecified atom stereocenters. The maximum absolute atomic E-state index is 11.0. The summed E-state index contributed by atoms with van der Waals surface area (Å²) >= 11 is 0. The first-order valence-corrected chi connectivity index (χ1v) is 3.34. The second-order valence-corrected chi connectivity index (χ2v) is 2.33. The van der Waals surface area contributed by atoms with Crippen LogP contribution in [0.3, 0.4) is 0 Å². The van der Waals surface area contributed by atoms with E-state index in [1.54, 1.807) is 0 Å². The van der Waals surface area contributed by atoms with E-state index in [1.165, 1.54) is 23.9 Å². The molecule has 5 nitrogen and oxygen atoms in total. The van der Waals surface area contributed by atoms with Crippen LogP contribution in [-0.2, 0) is 18.3 Å². The molecule has 12 heavy (non-hydrogen) atoms. The average molecular weight is 168 g/mol. The summed E-state index contributed by atoms with van der Waals surface area (Å²) in [6, 6.07) is 1.28. The Balaban J connectivity index is 3.08. The van der Waals surface area contributed by atoms with Gasteiger partial charge in [-0.2, -0.15) is 0 Å². The lowest BCUT2D eigenvalue weighted by Crippen LogP contribution is -2.22. The van der Waals surface area contributed by atoms with Gasteiger partial charge in [0.05, 0.1) is 0 Å². The molecule has 64 valence electrons. The van der Waals surface area contributed by atoms with Gasteiger partial charge in [-0.25, -0.2) is 4.98 Å². The van der Waals surface area contributed by atoms with Crippen LogP contribution in [0.1, 0.15) is 5.82 Å². The molecule has 0 aliphatic heterocycles. The second-order valence-electron chi connectivity index (χ2n) is 2.33. The number of aliphatic carboxylic acids is 1. The molecular formula is C7H8N2O3. The van der Waals surface area contributed by atoms with E-state index in [0.717, 1.165) is 0 Å². The molecule has 1 heterocycles. The highest BCUT2D eigenvalue weighted by atomic mass is 16.4. The van der Waals surface area contributed by atoms with Gasteiger partial charge >= 0.3 is 5.97 Å². The summed E-state index contributed by atoms with van der Waals surface area (Å²) in [7, 11) is 1.49. The zero-order valence-corrected chi connectivity index (χ0v) is 6.52. The molecule has 0 spiro atoms. The summed E-state index contributed by atoms with van der Waals surface area (Å²) in [5.74, 6) is -0.737. The molecule has 1 aromatic rings. The van der Waals surface area contributed by atoms with E-state index in [9.17, 15) is 9.59 Å². The fraction of sp³-hybridized carbons (Fsp3) is 0.286. The molecule has 0 saturated heterocycles. The first-order chi connectivity index (χ1) is 5.61. The topological polar surface area (TPSA) is 72.2 Å². The summed E-state index contributed by atoms with van der Waals surface area (Å²) in [6.45, 7) is 0. The smallest absolute Gasteiger partial charge is 0.311 e. The molecule has 0 radical (unpaired) electrons. The minimum atomic E-state index is -0.997. The first kappa shape index (κ1) is 8.45. The summed E-state index contributed by atoms with van der Waals surface area (Å²) in [6.07, 6.45) is 1.08. The van der Waals surface area contributed by atoms with E-state index in [1.807, 2.05) is 0 Å². The van der Waals surface area contributed by atoms with E-state index >= 15 is 0 Å². The number of hydrogen-bond acceptors (Lipinski definition) is 3. The van der Waals surface area contributed by atoms with Crippen molar-refractivity contribution in [3.05, 3.63) is 28.4 Å². The molecule has 5 heteroatoms. The SMILES string of the molecule is Cn1c(CC(=O)O)nccc1=O. The zero-order chi connectivity index (χ0) is 9.14. The van der Waals surface area contributed by atoms with Crippen LogP contribution in [0, 0.1) is 0 Å². The molecule has 0 saturated carbocycles. The third-order valence-electron chi connectivity index (χ3n) is 1.47. The molecule has 0 atom stereocenters. The van der Waals surface area contributed by atoms with Crippen LogP contribution in [0.4, 0.5) is 0 Å². The highest BCUT2D eigenvalue weighted by molar-refractivity contribution is 5.68. The lowest BCUT2D eigenvalue weighted by molar-refractivity contribution is -0.136. The van der Waals surface area contributed by atoms with Crippen LogP contribution in [0.2, 0.25) is 0 Å². The van der Waals surface area contributed by atoms with Gasteiger partial charge in [-0.15, -0.1) is 0 Å². The predicted molar refractivity (Wildman–Crippen MR) is 40.8 cm³/mol. The highest BCUT2D eigenvalue weighted by Crippen LogP contribution is 1.89. The fourth-order valence-corrected chi connectivity index (χ4v) is 0.812. The van der Waals surface area contributed by atoms with Crippen molar-refractivity contribution >= 4 is 5.97 Å². The van der Waals surface area contributed by atoms with E-state index in [2.05, 4.69) is 4.98 Å². The third-order valence-corrected chi connectivity index (χ3v) is 1.47. The summed E-state index contributed by atoms with van der Waals surface area (Å²) in [4.78, 5) is 25.0. The van der Waals surface area contributed by atoms with Crippen molar-refractivity contribution < 1.29 is 9.90 Å². The van der Waals surface area contributed by atoms with Gasteiger partial charge in [0, 0.05) is 19.3 Å². The van der Waals surface area contributed by atoms with Gasteiger partial charge in [-0.1, -0.05) is 0 Å². The van der Waals surface area contributed by atoms with Crippen molar-refractivity contribution in [2.45, 2.75) is 6.42 Å². The number of nitrogens with zero attached hydrogens (tertiary/aromatic N) is 2. The van der Waals surface area contributed by atoms with E-state index in [0.29, 0.717) is 0 Å². The van der Waals surface area contributed by atoms with Crippen molar-refractivity contribution in [2.75, 3.05) is 0 Å². The monoisotopic (exact) mass is 168 g/mol. The normalized spacial score (nSPS) is 9.75. The number of rotatable bonds is 2. The van der Waals surface area contributed by atoms with Crippen LogP contribution in [0.15, 0.2) is 17.1 Å². The first-order valence-electron chi connectivity index (χ1n) is 3.34. The Hall–Kier alpha value is -1.65. The van der Waals surface area contributed by atoms with Gasteiger partial charge in [-0.05, 0) is 0 Å². The van der Waals surface area contributed by atoms with Crippen LogP contribution < -0.4 is 5.56 Å². The molecule has 0 bridgehead atoms. The highest BCUT2D eigenvalue weighted by Gasteiger charge is 2.04. The molecule has 1 aromatic heterocycles. The van der Waals surface area contributed by atoms with E-state index < -0.39 is 5.97 Å². The average Bonchev–Trinajstić information content (AvgIpc) is 1.98. The molecule has 0 fully saturated rings. The van der Waals surface area contributed by atoms with Crippen LogP contribution >= 0.6 is 0 Å². The Morgan fingerprint density at radius 3 is 3.00 bits per heavy atom. The summed E-state index contributed by atoms with van der Waals surface area (Å²) < 4.78 is 1.22. The quantitative estimate of drug-likeness (QED) is 0.640. The number of aromatic nitrogens is 2. The lowest BCUT2D eigenvalue weighted by Gasteiger charge is -2.01. The molecular weight excluding hydrogens is 160 g/mol. The zero-order valence-electron chi connectivity index (χ0n) is 6.52. The minimum Gasteiger partial charge on any atom is -0.481 e. The van der Waals surface area contributed by atoms with Gasteiger partial charge in [-0.3, -0.25) is 14.2 Å². The molecule has 0 amide bonds. The Kier molecular flexibility index (Phi) is 2.23. The maximum Gasteiger partial charge on any atom is 0.311 e. The molecule has 0 aliphatic carbocycles. The van der Waals surface area contributed by atoms with Crippen LogP contribution in [0.5, 0.6) is 0 Å². The van der Waals surface area contributed by atoms with Gasteiger partial charge in [0.25, 0.3) is 5.56 Å². The third kappa shape index (κ3) is 1.69. The standard InChI is InChI=1S/C7H8N2O3/c1-9-5(4-7(11)12)8-3-2-6(9)10/h2-3H,4H2,1H3,(H,11,12).